The van der Waals surface area contributed by atoms with Gasteiger partial charge in [-0.1, -0.05) is 67.1 Å². The Morgan fingerprint density at radius 2 is 1.68 bits per heavy atom. The quantitative estimate of drug-likeness (QED) is 0.725. The van der Waals surface area contributed by atoms with E-state index in [9.17, 15) is 4.79 Å². The molecule has 0 radical (unpaired) electrons. The van der Waals surface area contributed by atoms with E-state index in [0.717, 1.165) is 25.0 Å². The molecule has 2 saturated heterocycles. The van der Waals surface area contributed by atoms with E-state index in [1.165, 1.54) is 35.1 Å². The highest BCUT2D eigenvalue weighted by molar-refractivity contribution is 5.97. The minimum Gasteiger partial charge on any atom is -0.449 e. The smallest absolute Gasteiger partial charge is 0.332 e. The molecule has 3 nitrogen and oxygen atoms in total. The summed E-state index contributed by atoms with van der Waals surface area (Å²) in [6, 6.07) is 19.9. The molecule has 6 rings (SSSR count). The highest BCUT2D eigenvalue weighted by Gasteiger charge is 2.61. The monoisotopic (exact) mass is 369 g/mol. The molecule has 28 heavy (non-hydrogen) atoms. The lowest BCUT2D eigenvalue weighted by atomic mass is 9.75. The van der Waals surface area contributed by atoms with E-state index in [-0.39, 0.29) is 5.97 Å². The van der Waals surface area contributed by atoms with Crippen molar-refractivity contribution in [2.24, 2.45) is 0 Å². The van der Waals surface area contributed by atoms with Crippen LogP contribution in [-0.4, -0.2) is 35.1 Å². The van der Waals surface area contributed by atoms with E-state index in [0.29, 0.717) is 12.1 Å². The summed E-state index contributed by atoms with van der Waals surface area (Å²) in [7, 11) is 0. The van der Waals surface area contributed by atoms with Crippen molar-refractivity contribution in [3.63, 3.8) is 0 Å². The molecule has 1 spiro atoms. The first-order chi connectivity index (χ1) is 13.7. The second-order valence-electron chi connectivity index (χ2n) is 8.41. The molecule has 2 aromatic rings. The maximum Gasteiger partial charge on any atom is 0.332 e. The standard InChI is InChI=1S/C25H23NO2/c27-24-15-22-21(19-11-9-18(10-12-19)17-6-2-1-3-7-17)14-20-16-25(22,28-24)23-8-4-5-13-26(20)23/h1-3,6-7,9-12,14-15,20,23H,4-5,8,13,16H2/t20-,23-,25+/m1/s1. The van der Waals surface area contributed by atoms with Gasteiger partial charge in [0.15, 0.2) is 5.60 Å². The van der Waals surface area contributed by atoms with Crippen LogP contribution in [0.4, 0.5) is 0 Å². The van der Waals surface area contributed by atoms with E-state index in [2.05, 4.69) is 59.5 Å². The van der Waals surface area contributed by atoms with E-state index in [1.807, 2.05) is 6.07 Å². The summed E-state index contributed by atoms with van der Waals surface area (Å²) in [4.78, 5) is 14.9. The zero-order chi connectivity index (χ0) is 18.7. The van der Waals surface area contributed by atoms with Crippen LogP contribution in [0.25, 0.3) is 16.7 Å². The fourth-order valence-corrected chi connectivity index (χ4v) is 5.79. The molecule has 3 atom stereocenters. The normalized spacial score (nSPS) is 30.9. The van der Waals surface area contributed by atoms with Crippen LogP contribution in [0.15, 0.2) is 72.3 Å². The number of fused-ring (bicyclic) bond motifs is 3. The summed E-state index contributed by atoms with van der Waals surface area (Å²) in [5.41, 5.74) is 5.48. The van der Waals surface area contributed by atoms with Gasteiger partial charge < -0.3 is 4.74 Å². The average molecular weight is 369 g/mol. The van der Waals surface area contributed by atoms with Gasteiger partial charge in [-0.15, -0.1) is 0 Å². The molecule has 0 aromatic heterocycles. The summed E-state index contributed by atoms with van der Waals surface area (Å²) in [6.07, 6.45) is 8.64. The first-order valence-corrected chi connectivity index (χ1v) is 10.3. The molecule has 2 fully saturated rings. The lowest BCUT2D eigenvalue weighted by Crippen LogP contribution is -2.48. The molecule has 0 unspecified atom stereocenters. The van der Waals surface area contributed by atoms with Crippen molar-refractivity contribution in [3.8, 4) is 11.1 Å². The number of rotatable bonds is 2. The van der Waals surface area contributed by atoms with Crippen molar-refractivity contribution in [1.82, 2.24) is 4.90 Å². The van der Waals surface area contributed by atoms with Crippen LogP contribution in [0.1, 0.15) is 31.2 Å². The Balaban J connectivity index is 1.42. The Labute approximate surface area is 165 Å². The highest BCUT2D eigenvalue weighted by Crippen LogP contribution is 2.55. The molecule has 140 valence electrons. The lowest BCUT2D eigenvalue weighted by Gasteiger charge is -2.38. The number of carbonyl (C=O) groups is 1. The van der Waals surface area contributed by atoms with Gasteiger partial charge in [-0.3, -0.25) is 4.90 Å². The SMILES string of the molecule is O=C1C=C2C(c3ccc(-c4ccccc4)cc3)=C[C@@H]3C[C@@]2(O1)[C@H]1CCCCN31. The van der Waals surface area contributed by atoms with Gasteiger partial charge in [-0.05, 0) is 41.6 Å². The fourth-order valence-electron chi connectivity index (χ4n) is 5.79. The number of hydrogen-bond acceptors (Lipinski definition) is 3. The van der Waals surface area contributed by atoms with Gasteiger partial charge in [-0.2, -0.15) is 0 Å². The van der Waals surface area contributed by atoms with E-state index in [4.69, 9.17) is 4.74 Å². The van der Waals surface area contributed by atoms with Gasteiger partial charge in [0.05, 0.1) is 6.04 Å². The Morgan fingerprint density at radius 3 is 2.50 bits per heavy atom. The van der Waals surface area contributed by atoms with Gasteiger partial charge in [0.25, 0.3) is 0 Å². The molecule has 3 heteroatoms. The number of ether oxygens (including phenoxy) is 1. The second kappa shape index (κ2) is 5.92. The average Bonchev–Trinajstić information content (AvgIpc) is 3.23. The predicted octanol–water partition coefficient (Wildman–Crippen LogP) is 4.60. The third-order valence-electron chi connectivity index (χ3n) is 6.97. The molecular weight excluding hydrogens is 346 g/mol. The second-order valence-corrected chi connectivity index (χ2v) is 8.41. The van der Waals surface area contributed by atoms with Gasteiger partial charge in [0, 0.05) is 24.1 Å². The molecule has 0 N–H and O–H groups in total. The Bertz CT molecular complexity index is 1000. The van der Waals surface area contributed by atoms with Gasteiger partial charge >= 0.3 is 5.97 Å². The molecule has 4 aliphatic rings. The number of nitrogens with zero attached hydrogens (tertiary/aromatic N) is 1. The largest absolute Gasteiger partial charge is 0.449 e. The minimum absolute atomic E-state index is 0.171. The zero-order valence-electron chi connectivity index (χ0n) is 15.8. The third kappa shape index (κ3) is 2.23. The van der Waals surface area contributed by atoms with E-state index >= 15 is 0 Å². The number of benzene rings is 2. The topological polar surface area (TPSA) is 29.5 Å². The number of piperidine rings is 1. The van der Waals surface area contributed by atoms with Crippen molar-refractivity contribution in [2.45, 2.75) is 43.4 Å². The van der Waals surface area contributed by atoms with Crippen LogP contribution in [-0.2, 0) is 9.53 Å². The summed E-state index contributed by atoms with van der Waals surface area (Å²) in [5, 5.41) is 0. The first-order valence-electron chi connectivity index (χ1n) is 10.3. The molecule has 0 saturated carbocycles. The number of carbonyl (C=O) groups excluding carboxylic acids is 1. The van der Waals surface area contributed by atoms with Crippen LogP contribution in [0, 0.1) is 0 Å². The van der Waals surface area contributed by atoms with Crippen LogP contribution < -0.4 is 0 Å². The lowest BCUT2D eigenvalue weighted by molar-refractivity contribution is -0.148. The maximum atomic E-state index is 12.3. The predicted molar refractivity (Wildman–Crippen MR) is 110 cm³/mol. The summed E-state index contributed by atoms with van der Waals surface area (Å²) in [6.45, 7) is 1.11. The van der Waals surface area contributed by atoms with Gasteiger partial charge in [0.1, 0.15) is 0 Å². The molecule has 3 aliphatic heterocycles. The summed E-state index contributed by atoms with van der Waals surface area (Å²) >= 11 is 0. The van der Waals surface area contributed by atoms with Crippen molar-refractivity contribution >= 4 is 11.5 Å². The summed E-state index contributed by atoms with van der Waals surface area (Å²) < 4.78 is 6.04. The molecule has 1 aliphatic carbocycles. The summed E-state index contributed by atoms with van der Waals surface area (Å²) in [5.74, 6) is -0.171. The van der Waals surface area contributed by atoms with Crippen LogP contribution >= 0.6 is 0 Å². The van der Waals surface area contributed by atoms with E-state index < -0.39 is 5.60 Å². The fraction of sp³-hybridized carbons (Fsp3) is 0.320. The minimum atomic E-state index is -0.426. The van der Waals surface area contributed by atoms with Crippen LogP contribution in [0.2, 0.25) is 0 Å². The van der Waals surface area contributed by atoms with Crippen LogP contribution in [0.3, 0.4) is 0 Å². The molecule has 0 amide bonds. The first kappa shape index (κ1) is 16.3. The maximum absolute atomic E-state index is 12.3. The molecule has 2 bridgehead atoms. The Kier molecular flexibility index (Phi) is 3.45. The number of hydrogen-bond donors (Lipinski definition) is 0. The van der Waals surface area contributed by atoms with Crippen molar-refractivity contribution < 1.29 is 9.53 Å². The highest BCUT2D eigenvalue weighted by atomic mass is 16.6. The van der Waals surface area contributed by atoms with Crippen molar-refractivity contribution in [1.29, 1.82) is 0 Å². The van der Waals surface area contributed by atoms with Gasteiger partial charge in [-0.25, -0.2) is 4.79 Å². The Hall–Kier alpha value is -2.65. The van der Waals surface area contributed by atoms with E-state index in [1.54, 1.807) is 6.08 Å². The molecule has 3 heterocycles. The molecule has 2 aromatic carbocycles. The Morgan fingerprint density at radius 1 is 0.929 bits per heavy atom. The zero-order valence-corrected chi connectivity index (χ0v) is 15.8. The number of esters is 1. The molecular formula is C25H23NO2. The third-order valence-corrected chi connectivity index (χ3v) is 6.97. The van der Waals surface area contributed by atoms with Crippen molar-refractivity contribution in [2.75, 3.05) is 6.54 Å². The van der Waals surface area contributed by atoms with Crippen LogP contribution in [0.5, 0.6) is 0 Å². The van der Waals surface area contributed by atoms with Crippen molar-refractivity contribution in [3.05, 3.63) is 77.9 Å². The van der Waals surface area contributed by atoms with Gasteiger partial charge in [0.2, 0.25) is 0 Å².